The number of aliphatic hydroxyl groups is 1. The molecule has 2 heteroatoms. The van der Waals surface area contributed by atoms with Crippen molar-refractivity contribution in [3.05, 3.63) is 11.8 Å². The third-order valence-electron chi connectivity index (χ3n) is 2.57. The Balaban J connectivity index is 4.34. The van der Waals surface area contributed by atoms with Gasteiger partial charge in [0.05, 0.1) is 14.7 Å². The van der Waals surface area contributed by atoms with E-state index >= 15 is 0 Å². The quantitative estimate of drug-likeness (QED) is 0.635. The highest BCUT2D eigenvalue weighted by atomic mass is 28.3. The maximum Gasteiger partial charge on any atom is 0.0767 e. The van der Waals surface area contributed by atoms with Gasteiger partial charge in [0.25, 0.3) is 0 Å². The Hall–Kier alpha value is -0.0831. The molecule has 0 atom stereocenters. The van der Waals surface area contributed by atoms with Crippen LogP contribution in [0.2, 0.25) is 18.1 Å². The molecule has 0 saturated carbocycles. The zero-order chi connectivity index (χ0) is 9.12. The van der Waals surface area contributed by atoms with E-state index in [1.807, 2.05) is 6.08 Å². The van der Waals surface area contributed by atoms with Crippen LogP contribution in [0.5, 0.6) is 0 Å². The van der Waals surface area contributed by atoms with Crippen molar-refractivity contribution in [2.75, 3.05) is 6.61 Å². The van der Waals surface area contributed by atoms with Gasteiger partial charge in [0.1, 0.15) is 0 Å². The summed E-state index contributed by atoms with van der Waals surface area (Å²) in [6.45, 7) is 11.6. The standard InChI is InChI=1S/C9H20OSi/c1-9(2,3)11(4,5)8-6-7-10/h6,8,10H,7H2,1-5H3. The Morgan fingerprint density at radius 1 is 1.27 bits per heavy atom. The van der Waals surface area contributed by atoms with Crippen LogP contribution in [0.15, 0.2) is 11.8 Å². The lowest BCUT2D eigenvalue weighted by Gasteiger charge is -2.34. The van der Waals surface area contributed by atoms with Crippen molar-refractivity contribution in [1.29, 1.82) is 0 Å². The fraction of sp³-hybridized carbons (Fsp3) is 0.778. The van der Waals surface area contributed by atoms with E-state index in [1.54, 1.807) is 0 Å². The molecule has 0 rings (SSSR count). The molecular weight excluding hydrogens is 152 g/mol. The summed E-state index contributed by atoms with van der Waals surface area (Å²) in [4.78, 5) is 0. The van der Waals surface area contributed by atoms with Gasteiger partial charge < -0.3 is 5.11 Å². The normalized spacial score (nSPS) is 14.4. The van der Waals surface area contributed by atoms with E-state index < -0.39 is 8.07 Å². The second-order valence-electron chi connectivity index (χ2n) is 4.56. The molecule has 0 aliphatic heterocycles. The Kier molecular flexibility index (Phi) is 3.52. The van der Waals surface area contributed by atoms with Gasteiger partial charge in [-0.1, -0.05) is 45.6 Å². The summed E-state index contributed by atoms with van der Waals surface area (Å²) in [6, 6.07) is 0. The molecule has 1 N–H and O–H groups in total. The maximum absolute atomic E-state index is 8.63. The van der Waals surface area contributed by atoms with E-state index in [2.05, 4.69) is 39.6 Å². The van der Waals surface area contributed by atoms with Gasteiger partial charge in [-0.2, -0.15) is 0 Å². The molecule has 0 spiro atoms. The van der Waals surface area contributed by atoms with Crippen molar-refractivity contribution >= 4 is 8.07 Å². The smallest absolute Gasteiger partial charge is 0.0767 e. The summed E-state index contributed by atoms with van der Waals surface area (Å²) >= 11 is 0. The lowest BCUT2D eigenvalue weighted by molar-refractivity contribution is 0.343. The Morgan fingerprint density at radius 3 is 2.00 bits per heavy atom. The van der Waals surface area contributed by atoms with Crippen LogP contribution in [0.3, 0.4) is 0 Å². The van der Waals surface area contributed by atoms with Crippen LogP contribution >= 0.6 is 0 Å². The third-order valence-corrected chi connectivity index (χ3v) is 7.51. The summed E-state index contributed by atoms with van der Waals surface area (Å²) in [5.41, 5.74) is 2.22. The predicted octanol–water partition coefficient (Wildman–Crippen LogP) is 2.58. The molecule has 1 nitrogen and oxygen atoms in total. The van der Waals surface area contributed by atoms with E-state index in [0.717, 1.165) is 0 Å². The Morgan fingerprint density at radius 2 is 1.73 bits per heavy atom. The molecule has 0 aromatic heterocycles. The first-order chi connectivity index (χ1) is 4.81. The average molecular weight is 172 g/mol. The minimum absolute atomic E-state index is 0.173. The van der Waals surface area contributed by atoms with E-state index in [0.29, 0.717) is 5.04 Å². The molecule has 0 radical (unpaired) electrons. The minimum Gasteiger partial charge on any atom is -0.392 e. The molecular formula is C9H20OSi. The monoisotopic (exact) mass is 172 g/mol. The van der Waals surface area contributed by atoms with Crippen molar-refractivity contribution in [3.63, 3.8) is 0 Å². The number of hydrogen-bond acceptors (Lipinski definition) is 1. The first kappa shape index (κ1) is 10.9. The van der Waals surface area contributed by atoms with Crippen LogP contribution in [0, 0.1) is 0 Å². The number of hydrogen-bond donors (Lipinski definition) is 1. The summed E-state index contributed by atoms with van der Waals surface area (Å²) in [5.74, 6) is 0. The Labute approximate surface area is 71.1 Å². The molecule has 0 bridgehead atoms. The van der Waals surface area contributed by atoms with Gasteiger partial charge in [-0.15, -0.1) is 0 Å². The summed E-state index contributed by atoms with van der Waals surface area (Å²) < 4.78 is 0. The molecule has 0 aromatic carbocycles. The molecule has 0 aliphatic rings. The van der Waals surface area contributed by atoms with E-state index in [9.17, 15) is 0 Å². The maximum atomic E-state index is 8.63. The highest BCUT2D eigenvalue weighted by molar-refractivity contribution is 6.84. The van der Waals surface area contributed by atoms with Crippen molar-refractivity contribution in [2.45, 2.75) is 38.9 Å². The van der Waals surface area contributed by atoms with Crippen LogP contribution in [0.1, 0.15) is 20.8 Å². The lowest BCUT2D eigenvalue weighted by atomic mass is 10.2. The van der Waals surface area contributed by atoms with Gasteiger partial charge >= 0.3 is 0 Å². The largest absolute Gasteiger partial charge is 0.392 e. The second kappa shape index (κ2) is 3.54. The molecule has 0 unspecified atom stereocenters. The first-order valence-electron chi connectivity index (χ1n) is 4.10. The molecule has 0 aromatic rings. The van der Waals surface area contributed by atoms with Gasteiger partial charge in [-0.05, 0) is 5.04 Å². The average Bonchev–Trinajstić information content (AvgIpc) is 1.81. The third kappa shape index (κ3) is 3.21. The molecule has 0 heterocycles. The highest BCUT2D eigenvalue weighted by Gasteiger charge is 2.31. The topological polar surface area (TPSA) is 20.2 Å². The van der Waals surface area contributed by atoms with Gasteiger partial charge in [-0.25, -0.2) is 0 Å². The zero-order valence-electron chi connectivity index (χ0n) is 8.31. The van der Waals surface area contributed by atoms with Gasteiger partial charge in [0.2, 0.25) is 0 Å². The van der Waals surface area contributed by atoms with Crippen molar-refractivity contribution in [3.8, 4) is 0 Å². The highest BCUT2D eigenvalue weighted by Crippen LogP contribution is 2.36. The summed E-state index contributed by atoms with van der Waals surface area (Å²) in [5, 5.41) is 9.02. The zero-order valence-corrected chi connectivity index (χ0v) is 9.31. The van der Waals surface area contributed by atoms with Crippen molar-refractivity contribution < 1.29 is 5.11 Å². The fourth-order valence-electron chi connectivity index (χ4n) is 0.597. The molecule has 11 heavy (non-hydrogen) atoms. The van der Waals surface area contributed by atoms with E-state index in [-0.39, 0.29) is 6.61 Å². The molecule has 0 aliphatic carbocycles. The molecule has 0 fully saturated rings. The van der Waals surface area contributed by atoms with Gasteiger partial charge in [-0.3, -0.25) is 0 Å². The molecule has 66 valence electrons. The van der Waals surface area contributed by atoms with Gasteiger partial charge in [0, 0.05) is 0 Å². The van der Waals surface area contributed by atoms with Crippen LogP contribution in [0.25, 0.3) is 0 Å². The lowest BCUT2D eigenvalue weighted by Crippen LogP contribution is -2.34. The molecule has 0 amide bonds. The molecule has 0 saturated heterocycles. The summed E-state index contributed by atoms with van der Waals surface area (Å²) in [6.07, 6.45) is 1.87. The Bertz CT molecular complexity index is 142. The minimum atomic E-state index is -1.27. The fourth-order valence-corrected chi connectivity index (χ4v) is 1.79. The van der Waals surface area contributed by atoms with Crippen molar-refractivity contribution in [2.24, 2.45) is 0 Å². The second-order valence-corrected chi connectivity index (χ2v) is 9.83. The summed E-state index contributed by atoms with van der Waals surface area (Å²) in [7, 11) is -1.27. The van der Waals surface area contributed by atoms with Crippen LogP contribution in [-0.2, 0) is 0 Å². The van der Waals surface area contributed by atoms with E-state index in [1.165, 1.54) is 0 Å². The van der Waals surface area contributed by atoms with Crippen molar-refractivity contribution in [1.82, 2.24) is 0 Å². The first-order valence-corrected chi connectivity index (χ1v) is 7.17. The number of aliphatic hydroxyl groups excluding tert-OH is 1. The van der Waals surface area contributed by atoms with Crippen LogP contribution in [0.4, 0.5) is 0 Å². The SMILES string of the molecule is CC(C)(C)[Si](C)(C)C=CCO. The number of rotatable bonds is 2. The van der Waals surface area contributed by atoms with E-state index in [4.69, 9.17) is 5.11 Å². The van der Waals surface area contributed by atoms with Gasteiger partial charge in [0.15, 0.2) is 0 Å². The van der Waals surface area contributed by atoms with Crippen LogP contribution < -0.4 is 0 Å². The van der Waals surface area contributed by atoms with Crippen LogP contribution in [-0.4, -0.2) is 19.8 Å². The predicted molar refractivity (Wildman–Crippen MR) is 53.4 cm³/mol.